The number of carbonyl (C=O) groups is 2. The number of aliphatic carboxylic acids is 1. The van der Waals surface area contributed by atoms with Crippen molar-refractivity contribution in [2.45, 2.75) is 32.2 Å². The second-order valence-corrected chi connectivity index (χ2v) is 7.69. The lowest BCUT2D eigenvalue weighted by Gasteiger charge is -2.15. The van der Waals surface area contributed by atoms with E-state index in [0.717, 1.165) is 11.8 Å². The fourth-order valence-electron chi connectivity index (χ4n) is 2.73. The molecule has 1 saturated carbocycles. The molecular formula is C15H20N2O5S. The normalized spacial score (nSPS) is 21.0. The summed E-state index contributed by atoms with van der Waals surface area (Å²) in [6.07, 6.45) is 2.54. The summed E-state index contributed by atoms with van der Waals surface area (Å²) in [7, 11) is -3.50. The number of aryl methyl sites for hydroxylation is 1. The van der Waals surface area contributed by atoms with Crippen LogP contribution in [0.25, 0.3) is 0 Å². The molecule has 0 bridgehead atoms. The smallest absolute Gasteiger partial charge is 0.306 e. The highest BCUT2D eigenvalue weighted by Crippen LogP contribution is 2.26. The lowest BCUT2D eigenvalue weighted by atomic mass is 10.1. The van der Waals surface area contributed by atoms with Gasteiger partial charge in [0.15, 0.2) is 0 Å². The molecule has 126 valence electrons. The van der Waals surface area contributed by atoms with Gasteiger partial charge in [0, 0.05) is 6.04 Å². The molecule has 1 aromatic carbocycles. The third-order valence-electron chi connectivity index (χ3n) is 3.83. The summed E-state index contributed by atoms with van der Waals surface area (Å²) in [6.45, 7) is 1.80. The van der Waals surface area contributed by atoms with Crippen LogP contribution in [0.2, 0.25) is 0 Å². The van der Waals surface area contributed by atoms with Crippen molar-refractivity contribution in [2.75, 3.05) is 11.0 Å². The van der Waals surface area contributed by atoms with Crippen LogP contribution in [0.4, 0.5) is 5.69 Å². The number of nitrogens with one attached hydrogen (secondary N) is 2. The van der Waals surface area contributed by atoms with E-state index in [1.54, 1.807) is 25.1 Å². The van der Waals surface area contributed by atoms with E-state index in [0.29, 0.717) is 19.3 Å². The lowest BCUT2D eigenvalue weighted by molar-refractivity contribution is -0.141. The second-order valence-electron chi connectivity index (χ2n) is 5.94. The number of amides is 1. The number of carboxylic acid groups (broad SMARTS) is 1. The molecule has 7 nitrogen and oxygen atoms in total. The van der Waals surface area contributed by atoms with Crippen molar-refractivity contribution in [2.24, 2.45) is 5.92 Å². The van der Waals surface area contributed by atoms with Gasteiger partial charge in [-0.05, 0) is 38.3 Å². The average Bonchev–Trinajstić information content (AvgIpc) is 2.88. The van der Waals surface area contributed by atoms with Gasteiger partial charge >= 0.3 is 5.97 Å². The molecule has 1 fully saturated rings. The van der Waals surface area contributed by atoms with Crippen LogP contribution in [0, 0.1) is 12.8 Å². The van der Waals surface area contributed by atoms with E-state index in [1.165, 1.54) is 0 Å². The standard InChI is InChI=1S/C15H20N2O5S/c1-9-3-6-13(17-23(2,21)22)12(7-9)14(18)16-11-5-4-10(8-11)15(19)20/h3,6-7,10-11,17H,4-5,8H2,1-2H3,(H,16,18)(H,19,20)/t10-,11+/m1/s1. The molecule has 1 aromatic rings. The predicted octanol–water partition coefficient (Wildman–Crippen LogP) is 1.35. The summed E-state index contributed by atoms with van der Waals surface area (Å²) in [5.74, 6) is -1.70. The quantitative estimate of drug-likeness (QED) is 0.749. The summed E-state index contributed by atoms with van der Waals surface area (Å²) in [5.41, 5.74) is 1.27. The van der Waals surface area contributed by atoms with Gasteiger partial charge in [0.25, 0.3) is 5.91 Å². The molecule has 0 spiro atoms. The molecule has 0 aromatic heterocycles. The van der Waals surface area contributed by atoms with Crippen LogP contribution < -0.4 is 10.0 Å². The van der Waals surface area contributed by atoms with Crippen molar-refractivity contribution in [3.63, 3.8) is 0 Å². The Kier molecular flexibility index (Phi) is 4.93. The Morgan fingerprint density at radius 3 is 2.52 bits per heavy atom. The number of carboxylic acids is 1. The first-order valence-corrected chi connectivity index (χ1v) is 9.17. The van der Waals surface area contributed by atoms with Crippen LogP contribution >= 0.6 is 0 Å². The number of sulfonamides is 1. The van der Waals surface area contributed by atoms with Gasteiger partial charge in [0.05, 0.1) is 23.4 Å². The number of benzene rings is 1. The number of rotatable bonds is 5. The number of anilines is 1. The van der Waals surface area contributed by atoms with Crippen molar-refractivity contribution < 1.29 is 23.1 Å². The van der Waals surface area contributed by atoms with Gasteiger partial charge in [0.2, 0.25) is 10.0 Å². The Morgan fingerprint density at radius 2 is 1.96 bits per heavy atom. The maximum atomic E-state index is 12.4. The Balaban J connectivity index is 2.16. The van der Waals surface area contributed by atoms with Crippen LogP contribution in [-0.4, -0.2) is 37.7 Å². The molecule has 2 rings (SSSR count). The van der Waals surface area contributed by atoms with Gasteiger partial charge < -0.3 is 10.4 Å². The largest absolute Gasteiger partial charge is 0.481 e. The fraction of sp³-hybridized carbons (Fsp3) is 0.467. The zero-order valence-electron chi connectivity index (χ0n) is 13.0. The van der Waals surface area contributed by atoms with Gasteiger partial charge in [-0.2, -0.15) is 0 Å². The van der Waals surface area contributed by atoms with Crippen LogP contribution in [0.15, 0.2) is 18.2 Å². The molecular weight excluding hydrogens is 320 g/mol. The van der Waals surface area contributed by atoms with E-state index in [2.05, 4.69) is 10.0 Å². The molecule has 2 atom stereocenters. The van der Waals surface area contributed by atoms with E-state index in [-0.39, 0.29) is 17.3 Å². The predicted molar refractivity (Wildman–Crippen MR) is 85.9 cm³/mol. The molecule has 0 aliphatic heterocycles. The molecule has 0 radical (unpaired) electrons. The number of carbonyl (C=O) groups excluding carboxylic acids is 1. The zero-order chi connectivity index (χ0) is 17.2. The Labute approximate surface area is 135 Å². The second kappa shape index (κ2) is 6.57. The van der Waals surface area contributed by atoms with Crippen LogP contribution in [0.5, 0.6) is 0 Å². The van der Waals surface area contributed by atoms with E-state index < -0.39 is 27.8 Å². The third-order valence-corrected chi connectivity index (χ3v) is 4.42. The minimum atomic E-state index is -3.50. The van der Waals surface area contributed by atoms with Crippen molar-refractivity contribution in [3.8, 4) is 0 Å². The molecule has 0 unspecified atom stereocenters. The molecule has 1 amide bonds. The minimum Gasteiger partial charge on any atom is -0.481 e. The van der Waals surface area contributed by atoms with Crippen molar-refractivity contribution in [1.82, 2.24) is 5.32 Å². The van der Waals surface area contributed by atoms with Crippen molar-refractivity contribution in [3.05, 3.63) is 29.3 Å². The molecule has 8 heteroatoms. The monoisotopic (exact) mass is 340 g/mol. The van der Waals surface area contributed by atoms with Gasteiger partial charge in [0.1, 0.15) is 0 Å². The van der Waals surface area contributed by atoms with Gasteiger partial charge in [-0.15, -0.1) is 0 Å². The minimum absolute atomic E-state index is 0.211. The number of hydrogen-bond donors (Lipinski definition) is 3. The molecule has 1 aliphatic carbocycles. The van der Waals surface area contributed by atoms with Gasteiger partial charge in [-0.1, -0.05) is 11.6 Å². The van der Waals surface area contributed by atoms with Gasteiger partial charge in [-0.3, -0.25) is 14.3 Å². The van der Waals surface area contributed by atoms with Gasteiger partial charge in [-0.25, -0.2) is 8.42 Å². The summed E-state index contributed by atoms with van der Waals surface area (Å²) < 4.78 is 25.2. The summed E-state index contributed by atoms with van der Waals surface area (Å²) in [4.78, 5) is 23.4. The summed E-state index contributed by atoms with van der Waals surface area (Å²) >= 11 is 0. The molecule has 0 heterocycles. The first-order chi connectivity index (χ1) is 10.7. The Morgan fingerprint density at radius 1 is 1.26 bits per heavy atom. The maximum absolute atomic E-state index is 12.4. The first-order valence-electron chi connectivity index (χ1n) is 7.28. The Bertz CT molecular complexity index is 729. The van der Waals surface area contributed by atoms with E-state index in [4.69, 9.17) is 5.11 Å². The molecule has 0 saturated heterocycles. The zero-order valence-corrected chi connectivity index (χ0v) is 13.8. The highest BCUT2D eigenvalue weighted by Gasteiger charge is 2.31. The number of hydrogen-bond acceptors (Lipinski definition) is 4. The van der Waals surface area contributed by atoms with E-state index in [9.17, 15) is 18.0 Å². The van der Waals surface area contributed by atoms with Crippen molar-refractivity contribution in [1.29, 1.82) is 0 Å². The molecule has 23 heavy (non-hydrogen) atoms. The van der Waals surface area contributed by atoms with Crippen LogP contribution in [0.1, 0.15) is 35.2 Å². The first kappa shape index (κ1) is 17.3. The highest BCUT2D eigenvalue weighted by molar-refractivity contribution is 7.92. The fourth-order valence-corrected chi connectivity index (χ4v) is 3.31. The SMILES string of the molecule is Cc1ccc(NS(C)(=O)=O)c(C(=O)N[C@H]2CC[C@@H](C(=O)O)C2)c1. The highest BCUT2D eigenvalue weighted by atomic mass is 32.2. The summed E-state index contributed by atoms with van der Waals surface area (Å²) in [6, 6.07) is 4.64. The topological polar surface area (TPSA) is 113 Å². The van der Waals surface area contributed by atoms with E-state index in [1.807, 2.05) is 0 Å². The lowest BCUT2D eigenvalue weighted by Crippen LogP contribution is -2.34. The molecule has 3 N–H and O–H groups in total. The Hall–Kier alpha value is -2.09. The summed E-state index contributed by atoms with van der Waals surface area (Å²) in [5, 5.41) is 11.8. The molecule has 1 aliphatic rings. The van der Waals surface area contributed by atoms with E-state index >= 15 is 0 Å². The van der Waals surface area contributed by atoms with Crippen LogP contribution in [0.3, 0.4) is 0 Å². The third kappa shape index (κ3) is 4.69. The van der Waals surface area contributed by atoms with Crippen molar-refractivity contribution >= 4 is 27.6 Å². The van der Waals surface area contributed by atoms with Crippen LogP contribution in [-0.2, 0) is 14.8 Å². The average molecular weight is 340 g/mol. The maximum Gasteiger partial charge on any atom is 0.306 e.